The lowest BCUT2D eigenvalue weighted by Crippen LogP contribution is -2.14. The normalized spacial score (nSPS) is 13.7. The van der Waals surface area contributed by atoms with Crippen molar-refractivity contribution in [2.24, 2.45) is 0 Å². The molecule has 3 heteroatoms. The number of halogens is 1. The SMILES string of the molecule is CC(C)c1cc(C(C)C(=O)Cl)cc(C(C)(C)C)c1O. The highest BCUT2D eigenvalue weighted by molar-refractivity contribution is 6.64. The van der Waals surface area contributed by atoms with Crippen molar-refractivity contribution in [3.63, 3.8) is 0 Å². The van der Waals surface area contributed by atoms with Crippen molar-refractivity contribution in [3.8, 4) is 5.75 Å². The number of hydrogen-bond acceptors (Lipinski definition) is 2. The van der Waals surface area contributed by atoms with Gasteiger partial charge in [0.1, 0.15) is 5.75 Å². The first-order chi connectivity index (χ1) is 8.55. The van der Waals surface area contributed by atoms with E-state index in [1.807, 2.05) is 46.8 Å². The molecule has 0 spiro atoms. The predicted octanol–water partition coefficient (Wildman–Crippen LogP) is 4.68. The Bertz CT molecular complexity index is 484. The minimum absolute atomic E-state index is 0.182. The van der Waals surface area contributed by atoms with Crippen LogP contribution >= 0.6 is 11.6 Å². The van der Waals surface area contributed by atoms with Crippen molar-refractivity contribution in [2.45, 2.75) is 58.8 Å². The molecule has 1 rings (SSSR count). The van der Waals surface area contributed by atoms with Gasteiger partial charge < -0.3 is 5.11 Å². The van der Waals surface area contributed by atoms with Gasteiger partial charge in [-0.25, -0.2) is 0 Å². The van der Waals surface area contributed by atoms with E-state index in [-0.39, 0.29) is 22.5 Å². The van der Waals surface area contributed by atoms with Crippen LogP contribution in [0.5, 0.6) is 5.75 Å². The third-order valence-corrected chi connectivity index (χ3v) is 3.76. The smallest absolute Gasteiger partial charge is 0.228 e. The van der Waals surface area contributed by atoms with Gasteiger partial charge in [-0.05, 0) is 39.6 Å². The minimum atomic E-state index is -0.375. The number of aromatic hydroxyl groups is 1. The molecule has 1 aromatic carbocycles. The quantitative estimate of drug-likeness (QED) is 0.817. The molecule has 2 nitrogen and oxygen atoms in total. The number of benzene rings is 1. The Morgan fingerprint density at radius 1 is 1.21 bits per heavy atom. The molecule has 0 heterocycles. The van der Waals surface area contributed by atoms with Gasteiger partial charge in [-0.3, -0.25) is 4.79 Å². The molecule has 0 fully saturated rings. The Balaban J connectivity index is 3.53. The van der Waals surface area contributed by atoms with E-state index in [2.05, 4.69) is 0 Å². The Morgan fingerprint density at radius 3 is 2.11 bits per heavy atom. The summed E-state index contributed by atoms with van der Waals surface area (Å²) in [6.45, 7) is 12.0. The number of hydrogen-bond donors (Lipinski definition) is 1. The summed E-state index contributed by atoms with van der Waals surface area (Å²) in [7, 11) is 0. The largest absolute Gasteiger partial charge is 0.507 e. The lowest BCUT2D eigenvalue weighted by molar-refractivity contribution is -0.112. The second-order valence-electron chi connectivity index (χ2n) is 6.44. The van der Waals surface area contributed by atoms with Crippen LogP contribution in [0.4, 0.5) is 0 Å². The van der Waals surface area contributed by atoms with Crippen LogP contribution in [0.2, 0.25) is 0 Å². The molecular weight excluding hydrogens is 260 g/mol. The molecule has 1 aromatic rings. The molecule has 0 aliphatic carbocycles. The topological polar surface area (TPSA) is 37.3 Å². The first kappa shape index (κ1) is 16.0. The highest BCUT2D eigenvalue weighted by atomic mass is 35.5. The van der Waals surface area contributed by atoms with Crippen LogP contribution in [0.1, 0.15) is 70.1 Å². The van der Waals surface area contributed by atoms with Gasteiger partial charge in [-0.1, -0.05) is 53.7 Å². The van der Waals surface area contributed by atoms with Crippen molar-refractivity contribution in [1.82, 2.24) is 0 Å². The molecule has 0 aliphatic rings. The molecule has 0 aromatic heterocycles. The zero-order chi connectivity index (χ0) is 15.0. The molecule has 19 heavy (non-hydrogen) atoms. The monoisotopic (exact) mass is 282 g/mol. The van der Waals surface area contributed by atoms with E-state index >= 15 is 0 Å². The molecule has 0 aliphatic heterocycles. The Hall–Kier alpha value is -1.02. The zero-order valence-electron chi connectivity index (χ0n) is 12.5. The van der Waals surface area contributed by atoms with Crippen LogP contribution in [0.15, 0.2) is 12.1 Å². The maximum Gasteiger partial charge on any atom is 0.228 e. The predicted molar refractivity (Wildman–Crippen MR) is 80.2 cm³/mol. The number of carbonyl (C=O) groups excluding carboxylic acids is 1. The fourth-order valence-corrected chi connectivity index (χ4v) is 2.20. The molecule has 1 unspecified atom stereocenters. The van der Waals surface area contributed by atoms with Gasteiger partial charge in [0.2, 0.25) is 5.24 Å². The highest BCUT2D eigenvalue weighted by Crippen LogP contribution is 2.39. The highest BCUT2D eigenvalue weighted by Gasteiger charge is 2.24. The van der Waals surface area contributed by atoms with Crippen molar-refractivity contribution in [3.05, 3.63) is 28.8 Å². The van der Waals surface area contributed by atoms with Gasteiger partial charge in [0.05, 0.1) is 5.92 Å². The standard InChI is InChI=1S/C16H23ClO2/c1-9(2)12-7-11(10(3)15(17)19)8-13(14(12)18)16(4,5)6/h7-10,18H,1-6H3. The van der Waals surface area contributed by atoms with Crippen LogP contribution in [0.3, 0.4) is 0 Å². The molecular formula is C16H23ClO2. The van der Waals surface area contributed by atoms with Gasteiger partial charge in [0.15, 0.2) is 0 Å². The summed E-state index contributed by atoms with van der Waals surface area (Å²) in [6, 6.07) is 3.78. The van der Waals surface area contributed by atoms with Crippen LogP contribution in [0, 0.1) is 0 Å². The third-order valence-electron chi connectivity index (χ3n) is 3.43. The Kier molecular flexibility index (Phi) is 4.67. The van der Waals surface area contributed by atoms with Crippen molar-refractivity contribution in [2.75, 3.05) is 0 Å². The summed E-state index contributed by atoms with van der Waals surface area (Å²) in [4.78, 5) is 11.4. The maximum absolute atomic E-state index is 11.4. The van der Waals surface area contributed by atoms with Crippen molar-refractivity contribution < 1.29 is 9.90 Å². The summed E-state index contributed by atoms with van der Waals surface area (Å²) >= 11 is 5.60. The lowest BCUT2D eigenvalue weighted by Gasteiger charge is -2.25. The minimum Gasteiger partial charge on any atom is -0.507 e. The van der Waals surface area contributed by atoms with E-state index < -0.39 is 0 Å². The van der Waals surface area contributed by atoms with Crippen LogP contribution in [-0.2, 0) is 10.2 Å². The van der Waals surface area contributed by atoms with E-state index in [9.17, 15) is 9.90 Å². The van der Waals surface area contributed by atoms with Crippen LogP contribution < -0.4 is 0 Å². The maximum atomic E-state index is 11.4. The summed E-state index contributed by atoms with van der Waals surface area (Å²) in [5.41, 5.74) is 2.41. The summed E-state index contributed by atoms with van der Waals surface area (Å²) in [5.74, 6) is 0.167. The van der Waals surface area contributed by atoms with Gasteiger partial charge in [0, 0.05) is 0 Å². The second kappa shape index (κ2) is 5.54. The average Bonchev–Trinajstić information content (AvgIpc) is 2.26. The first-order valence-electron chi connectivity index (χ1n) is 6.62. The molecule has 0 saturated heterocycles. The number of phenols is 1. The zero-order valence-corrected chi connectivity index (χ0v) is 13.3. The summed E-state index contributed by atoms with van der Waals surface area (Å²) in [5, 5.41) is 10.0. The van der Waals surface area contributed by atoms with Crippen molar-refractivity contribution >= 4 is 16.8 Å². The molecule has 0 bridgehead atoms. The molecule has 1 atom stereocenters. The van der Waals surface area contributed by atoms with E-state index in [1.54, 1.807) is 6.92 Å². The fraction of sp³-hybridized carbons (Fsp3) is 0.562. The summed E-state index contributed by atoms with van der Waals surface area (Å²) in [6.07, 6.45) is 0. The fourth-order valence-electron chi connectivity index (χ4n) is 2.07. The molecule has 106 valence electrons. The van der Waals surface area contributed by atoms with E-state index in [0.29, 0.717) is 5.75 Å². The van der Waals surface area contributed by atoms with Crippen LogP contribution in [-0.4, -0.2) is 10.3 Å². The summed E-state index contributed by atoms with van der Waals surface area (Å²) < 4.78 is 0. The Labute approximate surface area is 120 Å². The second-order valence-corrected chi connectivity index (χ2v) is 6.81. The average molecular weight is 283 g/mol. The molecule has 0 amide bonds. The van der Waals surface area contributed by atoms with E-state index in [0.717, 1.165) is 16.7 Å². The van der Waals surface area contributed by atoms with Crippen LogP contribution in [0.25, 0.3) is 0 Å². The van der Waals surface area contributed by atoms with Gasteiger partial charge >= 0.3 is 0 Å². The van der Waals surface area contributed by atoms with Crippen molar-refractivity contribution in [1.29, 1.82) is 0 Å². The number of phenolic OH excluding ortho intramolecular Hbond substituents is 1. The number of carbonyl (C=O) groups is 1. The van der Waals surface area contributed by atoms with Gasteiger partial charge in [-0.2, -0.15) is 0 Å². The van der Waals surface area contributed by atoms with Gasteiger partial charge in [-0.15, -0.1) is 0 Å². The lowest BCUT2D eigenvalue weighted by atomic mass is 9.81. The first-order valence-corrected chi connectivity index (χ1v) is 7.00. The molecule has 0 saturated carbocycles. The Morgan fingerprint density at radius 2 is 1.74 bits per heavy atom. The van der Waals surface area contributed by atoms with E-state index in [4.69, 9.17) is 11.6 Å². The third kappa shape index (κ3) is 3.50. The van der Waals surface area contributed by atoms with Gasteiger partial charge in [0.25, 0.3) is 0 Å². The molecule has 1 N–H and O–H groups in total. The molecule has 0 radical (unpaired) electrons. The number of rotatable bonds is 3. The van der Waals surface area contributed by atoms with E-state index in [1.165, 1.54) is 0 Å².